The second-order valence-electron chi connectivity index (χ2n) is 5.87. The molecule has 2 aromatic carbocycles. The summed E-state index contributed by atoms with van der Waals surface area (Å²) in [5.74, 6) is -0.487. The lowest BCUT2D eigenvalue weighted by Crippen LogP contribution is -2.19. The quantitative estimate of drug-likeness (QED) is 0.450. The molecule has 3 nitrogen and oxygen atoms in total. The minimum absolute atomic E-state index is 0.0470. The number of hydrogen-bond donors (Lipinski definition) is 2. The van der Waals surface area contributed by atoms with Gasteiger partial charge in [-0.15, -0.1) is 0 Å². The molecule has 2 aliphatic rings. The van der Waals surface area contributed by atoms with Crippen LogP contribution in [0.2, 0.25) is 0 Å². The van der Waals surface area contributed by atoms with E-state index >= 15 is 0 Å². The number of fused-ring (bicyclic) bond motifs is 2. The van der Waals surface area contributed by atoms with Gasteiger partial charge in [0.15, 0.2) is 0 Å². The lowest BCUT2D eigenvalue weighted by atomic mass is 10.0. The van der Waals surface area contributed by atoms with E-state index in [0.717, 1.165) is 22.7 Å². The molecule has 0 radical (unpaired) electrons. The maximum atomic E-state index is 13.5. The van der Waals surface area contributed by atoms with Gasteiger partial charge in [0, 0.05) is 35.3 Å². The van der Waals surface area contributed by atoms with Crippen molar-refractivity contribution in [2.45, 2.75) is 25.7 Å². The SMILES string of the molecule is Fc1c(Br)ccc2c1CCC(=S)N2.O=C1CCc2c(ccc(Br)c2F)N1. The van der Waals surface area contributed by atoms with Gasteiger partial charge in [-0.2, -0.15) is 0 Å². The van der Waals surface area contributed by atoms with Crippen LogP contribution in [-0.4, -0.2) is 10.9 Å². The molecule has 0 aromatic heterocycles. The van der Waals surface area contributed by atoms with Gasteiger partial charge in [-0.3, -0.25) is 4.79 Å². The Morgan fingerprint density at radius 3 is 1.88 bits per heavy atom. The second kappa shape index (κ2) is 8.10. The van der Waals surface area contributed by atoms with Crippen LogP contribution in [0.25, 0.3) is 0 Å². The summed E-state index contributed by atoms with van der Waals surface area (Å²) in [6.45, 7) is 0. The summed E-state index contributed by atoms with van der Waals surface area (Å²) in [6.07, 6.45) is 2.26. The highest BCUT2D eigenvalue weighted by atomic mass is 79.9. The largest absolute Gasteiger partial charge is 0.350 e. The zero-order valence-corrected chi connectivity index (χ0v) is 17.5. The normalized spacial score (nSPS) is 15.1. The zero-order valence-electron chi connectivity index (χ0n) is 13.5. The summed E-state index contributed by atoms with van der Waals surface area (Å²) >= 11 is 11.3. The fourth-order valence-electron chi connectivity index (χ4n) is 2.81. The van der Waals surface area contributed by atoms with Crippen LogP contribution in [0.1, 0.15) is 24.0 Å². The van der Waals surface area contributed by atoms with Crippen LogP contribution in [0.5, 0.6) is 0 Å². The summed E-state index contributed by atoms with van der Waals surface area (Å²) in [6, 6.07) is 6.84. The molecule has 2 aliphatic heterocycles. The van der Waals surface area contributed by atoms with E-state index < -0.39 is 0 Å². The molecule has 0 spiro atoms. The predicted molar refractivity (Wildman–Crippen MR) is 110 cm³/mol. The number of rotatable bonds is 0. The number of benzene rings is 2. The minimum Gasteiger partial charge on any atom is -0.350 e. The number of thiocarbonyl (C=S) groups is 1. The zero-order chi connectivity index (χ0) is 18.8. The predicted octanol–water partition coefficient (Wildman–Crippen LogP) is 5.75. The Morgan fingerprint density at radius 2 is 1.31 bits per heavy atom. The summed E-state index contributed by atoms with van der Waals surface area (Å²) < 4.78 is 27.9. The van der Waals surface area contributed by atoms with Crippen LogP contribution in [-0.2, 0) is 17.6 Å². The maximum Gasteiger partial charge on any atom is 0.224 e. The molecule has 0 aliphatic carbocycles. The molecule has 0 saturated carbocycles. The van der Waals surface area contributed by atoms with Crippen LogP contribution >= 0.6 is 44.1 Å². The van der Waals surface area contributed by atoms with Crippen molar-refractivity contribution in [2.24, 2.45) is 0 Å². The summed E-state index contributed by atoms with van der Waals surface area (Å²) in [5.41, 5.74) is 2.71. The smallest absolute Gasteiger partial charge is 0.224 e. The van der Waals surface area contributed by atoms with Crippen molar-refractivity contribution >= 4 is 66.3 Å². The van der Waals surface area contributed by atoms with E-state index in [2.05, 4.69) is 42.5 Å². The number of halogens is 4. The fraction of sp³-hybridized carbons (Fsp3) is 0.222. The van der Waals surface area contributed by atoms with E-state index in [1.54, 1.807) is 18.2 Å². The molecule has 0 fully saturated rings. The van der Waals surface area contributed by atoms with Crippen LogP contribution in [0, 0.1) is 11.6 Å². The van der Waals surface area contributed by atoms with Gasteiger partial charge in [-0.1, -0.05) is 12.2 Å². The minimum atomic E-state index is -0.266. The van der Waals surface area contributed by atoms with Crippen molar-refractivity contribution in [3.8, 4) is 0 Å². The average molecular weight is 504 g/mol. The topological polar surface area (TPSA) is 41.1 Å². The molecule has 0 unspecified atom stereocenters. The number of hydrogen-bond acceptors (Lipinski definition) is 2. The van der Waals surface area contributed by atoms with Gasteiger partial charge in [0.05, 0.1) is 13.9 Å². The Kier molecular flexibility index (Phi) is 6.04. The van der Waals surface area contributed by atoms with Gasteiger partial charge in [0.2, 0.25) is 5.91 Å². The highest BCUT2D eigenvalue weighted by molar-refractivity contribution is 9.10. The van der Waals surface area contributed by atoms with E-state index in [1.165, 1.54) is 0 Å². The number of nitrogens with one attached hydrogen (secondary N) is 2. The van der Waals surface area contributed by atoms with Gasteiger partial charge < -0.3 is 10.6 Å². The Morgan fingerprint density at radius 1 is 0.808 bits per heavy atom. The Balaban J connectivity index is 0.000000151. The lowest BCUT2D eigenvalue weighted by molar-refractivity contribution is -0.116. The molecule has 0 saturated heterocycles. The fourth-order valence-corrected chi connectivity index (χ4v) is 3.77. The molecule has 2 heterocycles. The van der Waals surface area contributed by atoms with Crippen molar-refractivity contribution in [3.05, 3.63) is 56.0 Å². The van der Waals surface area contributed by atoms with Crippen LogP contribution < -0.4 is 10.6 Å². The Labute approximate surface area is 171 Å². The molecule has 0 atom stereocenters. The van der Waals surface area contributed by atoms with E-state index in [0.29, 0.717) is 39.5 Å². The third-order valence-electron chi connectivity index (χ3n) is 4.14. The molecule has 2 aromatic rings. The molecular weight excluding hydrogens is 490 g/mol. The van der Waals surface area contributed by atoms with Crippen molar-refractivity contribution < 1.29 is 13.6 Å². The number of anilines is 2. The Bertz CT molecular complexity index is 832. The van der Waals surface area contributed by atoms with Gasteiger partial charge in [0.1, 0.15) is 11.6 Å². The first-order valence-corrected chi connectivity index (χ1v) is 9.89. The van der Waals surface area contributed by atoms with Crippen LogP contribution in [0.15, 0.2) is 33.2 Å². The average Bonchev–Trinajstić information content (AvgIpc) is 2.62. The van der Waals surface area contributed by atoms with Crippen molar-refractivity contribution in [2.75, 3.05) is 10.6 Å². The lowest BCUT2D eigenvalue weighted by Gasteiger charge is -2.19. The van der Waals surface area contributed by atoms with Crippen molar-refractivity contribution in [1.82, 2.24) is 0 Å². The van der Waals surface area contributed by atoms with E-state index in [9.17, 15) is 13.6 Å². The van der Waals surface area contributed by atoms with Gasteiger partial charge >= 0.3 is 0 Å². The molecule has 26 heavy (non-hydrogen) atoms. The third-order valence-corrected chi connectivity index (χ3v) is 5.68. The molecule has 8 heteroatoms. The van der Waals surface area contributed by atoms with Crippen molar-refractivity contribution in [1.29, 1.82) is 0 Å². The number of amides is 1. The van der Waals surface area contributed by atoms with Gasteiger partial charge in [-0.05, 0) is 69.0 Å². The van der Waals surface area contributed by atoms with E-state index in [-0.39, 0.29) is 17.5 Å². The highest BCUT2D eigenvalue weighted by Crippen LogP contribution is 2.30. The molecule has 1 amide bonds. The second-order valence-corrected chi connectivity index (χ2v) is 8.07. The summed E-state index contributed by atoms with van der Waals surface area (Å²) in [7, 11) is 0. The van der Waals surface area contributed by atoms with E-state index in [1.807, 2.05) is 6.07 Å². The summed E-state index contributed by atoms with van der Waals surface area (Å²) in [4.78, 5) is 11.8. The maximum absolute atomic E-state index is 13.5. The van der Waals surface area contributed by atoms with Gasteiger partial charge in [-0.25, -0.2) is 8.78 Å². The Hall–Kier alpha value is -1.38. The van der Waals surface area contributed by atoms with E-state index in [4.69, 9.17) is 12.2 Å². The molecule has 4 rings (SSSR count). The first-order chi connectivity index (χ1) is 12.4. The molecule has 0 bridgehead atoms. The highest BCUT2D eigenvalue weighted by Gasteiger charge is 2.19. The van der Waals surface area contributed by atoms with Gasteiger partial charge in [0.25, 0.3) is 0 Å². The number of carbonyl (C=O) groups excluding carboxylic acids is 1. The van der Waals surface area contributed by atoms with Crippen LogP contribution in [0.4, 0.5) is 20.2 Å². The number of carbonyl (C=O) groups is 1. The first-order valence-electron chi connectivity index (χ1n) is 7.90. The summed E-state index contributed by atoms with van der Waals surface area (Å²) in [5, 5.41) is 5.63. The standard InChI is InChI=1S/C9H7BrFNO.C9H7BrFNS/c2*10-6-2-3-7-5(9(6)11)1-4-8(13)12-7/h2*2-3H,1,4H2,(H,12,13). The molecule has 2 N–H and O–H groups in total. The molecule has 136 valence electrons. The third kappa shape index (κ3) is 4.13. The first kappa shape index (κ1) is 19.4. The van der Waals surface area contributed by atoms with Crippen molar-refractivity contribution in [3.63, 3.8) is 0 Å². The monoisotopic (exact) mass is 502 g/mol. The van der Waals surface area contributed by atoms with Crippen LogP contribution in [0.3, 0.4) is 0 Å². The molecular formula is C18H14Br2F2N2OS.